The van der Waals surface area contributed by atoms with Crippen LogP contribution in [0.2, 0.25) is 5.28 Å². The lowest BCUT2D eigenvalue weighted by molar-refractivity contribution is -0.141. The number of aromatic nitrogens is 2. The van der Waals surface area contributed by atoms with Crippen molar-refractivity contribution >= 4 is 23.4 Å². The molecule has 1 atom stereocenters. The maximum Gasteiger partial charge on any atom is 0.541 e. The lowest BCUT2D eigenvalue weighted by Crippen LogP contribution is -2.42. The van der Waals surface area contributed by atoms with Crippen molar-refractivity contribution in [3.8, 4) is 0 Å². The molecule has 1 aromatic heterocycles. The third-order valence-electron chi connectivity index (χ3n) is 2.24. The van der Waals surface area contributed by atoms with Crippen LogP contribution in [0.4, 0.5) is 5.82 Å². The van der Waals surface area contributed by atoms with Crippen molar-refractivity contribution in [2.75, 3.05) is 5.32 Å². The van der Waals surface area contributed by atoms with Gasteiger partial charge in [0.25, 0.3) is 0 Å². The number of rotatable bonds is 4. The average Bonchev–Trinajstić information content (AvgIpc) is 2.17. The SMILES string of the molecule is CC[C@@](C)(Nc1ccnc(Cl)n1)C(=O)[OH2+]. The van der Waals surface area contributed by atoms with Crippen LogP contribution in [0, 0.1) is 0 Å². The zero-order valence-corrected chi connectivity index (χ0v) is 9.30. The van der Waals surface area contributed by atoms with Crippen molar-refractivity contribution < 1.29 is 9.90 Å². The van der Waals surface area contributed by atoms with Gasteiger partial charge in [-0.3, -0.25) is 0 Å². The van der Waals surface area contributed by atoms with Crippen LogP contribution >= 0.6 is 11.6 Å². The summed E-state index contributed by atoms with van der Waals surface area (Å²) in [5.41, 5.74) is -0.933. The molecule has 0 spiro atoms. The molecule has 3 N–H and O–H groups in total. The topological polar surface area (TPSA) is 77.8 Å². The smallest absolute Gasteiger partial charge is 0.541 e. The van der Waals surface area contributed by atoms with Crippen LogP contribution in [0.25, 0.3) is 0 Å². The Labute approximate surface area is 92.5 Å². The number of halogens is 1. The number of carbonyl (C=O) groups excluding carboxylic acids is 1. The summed E-state index contributed by atoms with van der Waals surface area (Å²) in [6.45, 7) is 3.47. The zero-order chi connectivity index (χ0) is 11.5. The summed E-state index contributed by atoms with van der Waals surface area (Å²) in [4.78, 5) is 18.7. The molecule has 0 bridgehead atoms. The Morgan fingerprint density at radius 3 is 2.87 bits per heavy atom. The normalized spacial score (nSPS) is 14.3. The van der Waals surface area contributed by atoms with Gasteiger partial charge in [0.2, 0.25) is 5.28 Å². The highest BCUT2D eigenvalue weighted by atomic mass is 35.5. The standard InChI is InChI=1S/C9H12ClN3O2/c1-3-9(2,7(14)15)13-6-4-5-11-8(10)12-6/h4-5H,3H2,1-2H3,(H,14,15)(H,11,12,13)/p+1/t9-/m1/s1. The Balaban J connectivity index is 2.89. The molecule has 0 saturated heterocycles. The van der Waals surface area contributed by atoms with E-state index in [1.807, 2.05) is 6.92 Å². The number of hydrogen-bond donors (Lipinski definition) is 1. The minimum atomic E-state index is -0.933. The highest BCUT2D eigenvalue weighted by Crippen LogP contribution is 2.17. The molecule has 1 rings (SSSR count). The van der Waals surface area contributed by atoms with Gasteiger partial charge < -0.3 is 10.4 Å². The minimum absolute atomic E-state index is 0.107. The van der Waals surface area contributed by atoms with Gasteiger partial charge in [-0.1, -0.05) is 6.92 Å². The second kappa shape index (κ2) is 4.44. The van der Waals surface area contributed by atoms with Gasteiger partial charge >= 0.3 is 5.97 Å². The van der Waals surface area contributed by atoms with Crippen LogP contribution < -0.4 is 5.32 Å². The van der Waals surface area contributed by atoms with Gasteiger partial charge in [-0.25, -0.2) is 9.97 Å². The summed E-state index contributed by atoms with van der Waals surface area (Å²) in [6, 6.07) is 1.60. The molecule has 15 heavy (non-hydrogen) atoms. The summed E-state index contributed by atoms with van der Waals surface area (Å²) in [7, 11) is 0. The number of nitrogens with one attached hydrogen (secondary N) is 1. The van der Waals surface area contributed by atoms with Crippen LogP contribution in [0.3, 0.4) is 0 Å². The van der Waals surface area contributed by atoms with Gasteiger partial charge in [-0.15, -0.1) is 0 Å². The molecule has 0 saturated carbocycles. The molecule has 0 fully saturated rings. The van der Waals surface area contributed by atoms with Crippen molar-refractivity contribution in [2.45, 2.75) is 25.8 Å². The monoisotopic (exact) mass is 230 g/mol. The van der Waals surface area contributed by atoms with E-state index in [0.717, 1.165) is 0 Å². The van der Waals surface area contributed by atoms with Crippen molar-refractivity contribution in [1.82, 2.24) is 9.97 Å². The Kier molecular flexibility index (Phi) is 3.47. The maximum absolute atomic E-state index is 11.1. The summed E-state index contributed by atoms with van der Waals surface area (Å²) >= 11 is 5.60. The van der Waals surface area contributed by atoms with E-state index in [-0.39, 0.29) is 5.28 Å². The highest BCUT2D eigenvalue weighted by molar-refractivity contribution is 6.28. The van der Waals surface area contributed by atoms with Gasteiger partial charge in [0.15, 0.2) is 5.54 Å². The molecular formula is C9H13ClN3O2+. The quantitative estimate of drug-likeness (QED) is 0.617. The second-order valence-corrected chi connectivity index (χ2v) is 3.69. The molecule has 0 unspecified atom stereocenters. The van der Waals surface area contributed by atoms with E-state index < -0.39 is 11.5 Å². The zero-order valence-electron chi connectivity index (χ0n) is 8.54. The fourth-order valence-corrected chi connectivity index (χ4v) is 1.14. The molecule has 1 aromatic rings. The molecular weight excluding hydrogens is 218 g/mol. The minimum Gasteiger partial charge on any atom is -0.563 e. The molecule has 0 aliphatic rings. The van der Waals surface area contributed by atoms with Crippen LogP contribution in [0.1, 0.15) is 20.3 Å². The van der Waals surface area contributed by atoms with Crippen LogP contribution in [0.15, 0.2) is 12.3 Å². The van der Waals surface area contributed by atoms with E-state index in [4.69, 9.17) is 16.7 Å². The summed E-state index contributed by atoms with van der Waals surface area (Å²) < 4.78 is 0. The number of anilines is 1. The maximum atomic E-state index is 11.1. The molecule has 1 heterocycles. The van der Waals surface area contributed by atoms with E-state index >= 15 is 0 Å². The molecule has 0 aliphatic heterocycles. The van der Waals surface area contributed by atoms with Crippen LogP contribution in [-0.4, -0.2) is 26.6 Å². The van der Waals surface area contributed by atoms with Crippen LogP contribution in [0.5, 0.6) is 0 Å². The van der Waals surface area contributed by atoms with Crippen molar-refractivity contribution in [2.24, 2.45) is 0 Å². The number of nitrogens with zero attached hydrogens (tertiary/aromatic N) is 2. The van der Waals surface area contributed by atoms with E-state index in [0.29, 0.717) is 12.2 Å². The molecule has 0 radical (unpaired) electrons. The molecule has 82 valence electrons. The highest BCUT2D eigenvalue weighted by Gasteiger charge is 2.38. The van der Waals surface area contributed by atoms with E-state index in [9.17, 15) is 4.79 Å². The molecule has 6 heteroatoms. The van der Waals surface area contributed by atoms with Gasteiger partial charge in [0, 0.05) is 11.0 Å². The predicted molar refractivity (Wildman–Crippen MR) is 58.0 cm³/mol. The number of hydrogen-bond acceptors (Lipinski definition) is 4. The Morgan fingerprint density at radius 2 is 2.40 bits per heavy atom. The van der Waals surface area contributed by atoms with E-state index in [1.165, 1.54) is 6.20 Å². The molecule has 0 amide bonds. The first-order valence-electron chi connectivity index (χ1n) is 4.50. The fraction of sp³-hybridized carbons (Fsp3) is 0.444. The number of carbonyl (C=O) groups is 1. The third-order valence-corrected chi connectivity index (χ3v) is 2.42. The average molecular weight is 231 g/mol. The first-order chi connectivity index (χ1) is 6.98. The van der Waals surface area contributed by atoms with Crippen molar-refractivity contribution in [3.63, 3.8) is 0 Å². The van der Waals surface area contributed by atoms with Gasteiger partial charge in [0.1, 0.15) is 5.82 Å². The van der Waals surface area contributed by atoms with Crippen molar-refractivity contribution in [1.29, 1.82) is 0 Å². The van der Waals surface area contributed by atoms with E-state index in [2.05, 4.69) is 15.3 Å². The fourth-order valence-electron chi connectivity index (χ4n) is 0.993. The lowest BCUT2D eigenvalue weighted by Gasteiger charge is -2.20. The Bertz CT molecular complexity index is 372. The van der Waals surface area contributed by atoms with Gasteiger partial charge in [-0.2, -0.15) is 0 Å². The van der Waals surface area contributed by atoms with E-state index in [1.54, 1.807) is 13.0 Å². The molecule has 5 nitrogen and oxygen atoms in total. The van der Waals surface area contributed by atoms with Gasteiger partial charge in [-0.05, 0) is 31.0 Å². The lowest BCUT2D eigenvalue weighted by atomic mass is 9.99. The molecule has 0 aromatic carbocycles. The first-order valence-corrected chi connectivity index (χ1v) is 4.88. The van der Waals surface area contributed by atoms with Crippen LogP contribution in [-0.2, 0) is 4.79 Å². The second-order valence-electron chi connectivity index (χ2n) is 3.35. The Hall–Kier alpha value is -1.36. The molecule has 0 aliphatic carbocycles. The largest absolute Gasteiger partial charge is 0.563 e. The van der Waals surface area contributed by atoms with Gasteiger partial charge in [0.05, 0.1) is 0 Å². The summed E-state index contributed by atoms with van der Waals surface area (Å²) in [5, 5.41) is 10.1. The first kappa shape index (κ1) is 11.7. The third kappa shape index (κ3) is 2.79. The summed E-state index contributed by atoms with van der Waals surface area (Å²) in [5.74, 6) is -0.236. The summed E-state index contributed by atoms with van der Waals surface area (Å²) in [6.07, 6.45) is 1.99. The van der Waals surface area contributed by atoms with Crippen molar-refractivity contribution in [3.05, 3.63) is 17.5 Å². The predicted octanol–water partition coefficient (Wildman–Crippen LogP) is 0.962. The Morgan fingerprint density at radius 1 is 1.73 bits per heavy atom.